The summed E-state index contributed by atoms with van der Waals surface area (Å²) in [6, 6.07) is 12.3. The SMILES string of the molecule is COc1ccc(OC)c([C@H](C)NC(=O)c2ccc(OCc3nccn3C)cc2)c1. The lowest BCUT2D eigenvalue weighted by Gasteiger charge is -2.18. The highest BCUT2D eigenvalue weighted by atomic mass is 16.5. The van der Waals surface area contributed by atoms with Crippen LogP contribution in [0, 0.1) is 0 Å². The molecule has 0 aliphatic rings. The van der Waals surface area contributed by atoms with Crippen molar-refractivity contribution in [2.45, 2.75) is 19.6 Å². The molecule has 152 valence electrons. The van der Waals surface area contributed by atoms with Crippen LogP contribution in [0.25, 0.3) is 0 Å². The van der Waals surface area contributed by atoms with E-state index in [4.69, 9.17) is 14.2 Å². The predicted octanol–water partition coefficient (Wildman–Crippen LogP) is 3.51. The maximum Gasteiger partial charge on any atom is 0.251 e. The maximum absolute atomic E-state index is 12.6. The molecule has 1 amide bonds. The molecule has 0 fully saturated rings. The number of aryl methyl sites for hydroxylation is 1. The van der Waals surface area contributed by atoms with Crippen molar-refractivity contribution in [1.29, 1.82) is 0 Å². The van der Waals surface area contributed by atoms with Crippen LogP contribution < -0.4 is 19.5 Å². The fraction of sp³-hybridized carbons (Fsp3) is 0.273. The maximum atomic E-state index is 12.6. The third kappa shape index (κ3) is 4.87. The molecule has 3 aromatic rings. The first-order chi connectivity index (χ1) is 14.0. The van der Waals surface area contributed by atoms with Gasteiger partial charge in [-0.1, -0.05) is 0 Å². The number of hydrogen-bond acceptors (Lipinski definition) is 5. The molecule has 0 radical (unpaired) electrons. The standard InChI is InChI=1S/C22H25N3O4/c1-15(19-13-18(27-3)9-10-20(19)28-4)24-22(26)16-5-7-17(8-6-16)29-14-21-23-11-12-25(21)2/h5-13,15H,14H2,1-4H3,(H,24,26)/t15-/m0/s1. The van der Waals surface area contributed by atoms with E-state index in [1.165, 1.54) is 0 Å². The van der Waals surface area contributed by atoms with Crippen LogP contribution in [0.4, 0.5) is 0 Å². The van der Waals surface area contributed by atoms with E-state index in [1.807, 2.05) is 42.9 Å². The third-order valence-electron chi connectivity index (χ3n) is 4.66. The van der Waals surface area contributed by atoms with Gasteiger partial charge in [0.1, 0.15) is 29.7 Å². The molecule has 0 saturated heterocycles. The van der Waals surface area contributed by atoms with Crippen molar-refractivity contribution in [3.05, 3.63) is 71.8 Å². The van der Waals surface area contributed by atoms with Crippen molar-refractivity contribution in [2.24, 2.45) is 7.05 Å². The van der Waals surface area contributed by atoms with Crippen molar-refractivity contribution in [2.75, 3.05) is 14.2 Å². The zero-order valence-corrected chi connectivity index (χ0v) is 17.0. The Morgan fingerprint density at radius 2 is 1.83 bits per heavy atom. The molecule has 0 unspecified atom stereocenters. The highest BCUT2D eigenvalue weighted by molar-refractivity contribution is 5.94. The van der Waals surface area contributed by atoms with Gasteiger partial charge in [0.25, 0.3) is 5.91 Å². The summed E-state index contributed by atoms with van der Waals surface area (Å²) in [7, 11) is 5.12. The highest BCUT2D eigenvalue weighted by Gasteiger charge is 2.16. The normalized spacial score (nSPS) is 11.6. The van der Waals surface area contributed by atoms with E-state index in [0.29, 0.717) is 29.4 Å². The van der Waals surface area contributed by atoms with Crippen molar-refractivity contribution in [1.82, 2.24) is 14.9 Å². The summed E-state index contributed by atoms with van der Waals surface area (Å²) in [5, 5.41) is 2.99. The summed E-state index contributed by atoms with van der Waals surface area (Å²) in [5.74, 6) is 2.71. The number of benzene rings is 2. The molecule has 29 heavy (non-hydrogen) atoms. The average Bonchev–Trinajstić information content (AvgIpc) is 3.16. The molecule has 1 aromatic heterocycles. The first-order valence-corrected chi connectivity index (χ1v) is 9.23. The first kappa shape index (κ1) is 20.3. The Morgan fingerprint density at radius 1 is 1.10 bits per heavy atom. The van der Waals surface area contributed by atoms with Gasteiger partial charge in [0, 0.05) is 30.6 Å². The molecular weight excluding hydrogens is 370 g/mol. The van der Waals surface area contributed by atoms with Gasteiger partial charge >= 0.3 is 0 Å². The second-order valence-corrected chi connectivity index (χ2v) is 6.57. The molecule has 0 saturated carbocycles. The number of ether oxygens (including phenoxy) is 3. The number of aromatic nitrogens is 2. The van der Waals surface area contributed by atoms with E-state index < -0.39 is 0 Å². The van der Waals surface area contributed by atoms with Crippen molar-refractivity contribution >= 4 is 5.91 Å². The predicted molar refractivity (Wildman–Crippen MR) is 109 cm³/mol. The van der Waals surface area contributed by atoms with Crippen LogP contribution in [0.5, 0.6) is 17.2 Å². The number of methoxy groups -OCH3 is 2. The Kier molecular flexibility index (Phi) is 6.39. The number of rotatable bonds is 8. The monoisotopic (exact) mass is 395 g/mol. The van der Waals surface area contributed by atoms with Crippen molar-refractivity contribution in [3.63, 3.8) is 0 Å². The lowest BCUT2D eigenvalue weighted by molar-refractivity contribution is 0.0939. The van der Waals surface area contributed by atoms with E-state index in [9.17, 15) is 4.79 Å². The minimum absolute atomic E-state index is 0.182. The van der Waals surface area contributed by atoms with E-state index in [0.717, 1.165) is 11.4 Å². The van der Waals surface area contributed by atoms with Gasteiger partial charge in [0.15, 0.2) is 0 Å². The van der Waals surface area contributed by atoms with Gasteiger partial charge in [-0.15, -0.1) is 0 Å². The number of nitrogens with zero attached hydrogens (tertiary/aromatic N) is 2. The van der Waals surface area contributed by atoms with E-state index in [1.54, 1.807) is 44.7 Å². The molecule has 0 aliphatic carbocycles. The number of amides is 1. The molecule has 3 rings (SSSR count). The van der Waals surface area contributed by atoms with Crippen LogP contribution in [0.3, 0.4) is 0 Å². The van der Waals surface area contributed by atoms with Gasteiger partial charge in [-0.05, 0) is 49.4 Å². The minimum Gasteiger partial charge on any atom is -0.497 e. The summed E-state index contributed by atoms with van der Waals surface area (Å²) in [6.45, 7) is 2.27. The van der Waals surface area contributed by atoms with Crippen molar-refractivity contribution in [3.8, 4) is 17.2 Å². The second-order valence-electron chi connectivity index (χ2n) is 6.57. The fourth-order valence-corrected chi connectivity index (χ4v) is 2.92. The number of hydrogen-bond donors (Lipinski definition) is 1. The molecule has 1 atom stereocenters. The number of nitrogens with one attached hydrogen (secondary N) is 1. The summed E-state index contributed by atoms with van der Waals surface area (Å²) in [6.07, 6.45) is 3.59. The summed E-state index contributed by atoms with van der Waals surface area (Å²) < 4.78 is 18.3. The fourth-order valence-electron chi connectivity index (χ4n) is 2.92. The topological polar surface area (TPSA) is 74.6 Å². The number of imidazole rings is 1. The van der Waals surface area contributed by atoms with Crippen LogP contribution in [-0.4, -0.2) is 29.7 Å². The van der Waals surface area contributed by atoms with Gasteiger partial charge < -0.3 is 24.1 Å². The van der Waals surface area contributed by atoms with Gasteiger partial charge in [0.05, 0.1) is 20.3 Å². The lowest BCUT2D eigenvalue weighted by Crippen LogP contribution is -2.26. The Balaban J connectivity index is 1.64. The molecule has 1 N–H and O–H groups in total. The molecule has 2 aromatic carbocycles. The number of carbonyl (C=O) groups is 1. The van der Waals surface area contributed by atoms with E-state index in [2.05, 4.69) is 10.3 Å². The molecular formula is C22H25N3O4. The summed E-state index contributed by atoms with van der Waals surface area (Å²) in [4.78, 5) is 16.9. The average molecular weight is 395 g/mol. The van der Waals surface area contributed by atoms with E-state index in [-0.39, 0.29) is 11.9 Å². The van der Waals surface area contributed by atoms with Gasteiger partial charge in [-0.3, -0.25) is 4.79 Å². The zero-order valence-electron chi connectivity index (χ0n) is 17.0. The van der Waals surface area contributed by atoms with Crippen LogP contribution in [0.2, 0.25) is 0 Å². The molecule has 7 heteroatoms. The second kappa shape index (κ2) is 9.14. The Hall–Kier alpha value is -3.48. The first-order valence-electron chi connectivity index (χ1n) is 9.23. The van der Waals surface area contributed by atoms with Crippen LogP contribution in [-0.2, 0) is 13.7 Å². The van der Waals surface area contributed by atoms with Gasteiger partial charge in [-0.2, -0.15) is 0 Å². The number of carbonyl (C=O) groups excluding carboxylic acids is 1. The van der Waals surface area contributed by atoms with Gasteiger partial charge in [0.2, 0.25) is 0 Å². The summed E-state index contributed by atoms with van der Waals surface area (Å²) >= 11 is 0. The quantitative estimate of drug-likeness (QED) is 0.632. The molecule has 1 heterocycles. The highest BCUT2D eigenvalue weighted by Crippen LogP contribution is 2.29. The summed E-state index contributed by atoms with van der Waals surface area (Å²) in [5.41, 5.74) is 1.39. The molecule has 0 spiro atoms. The van der Waals surface area contributed by atoms with Crippen LogP contribution >= 0.6 is 0 Å². The van der Waals surface area contributed by atoms with Crippen LogP contribution in [0.15, 0.2) is 54.9 Å². The van der Waals surface area contributed by atoms with Crippen molar-refractivity contribution < 1.29 is 19.0 Å². The van der Waals surface area contributed by atoms with Gasteiger partial charge in [-0.25, -0.2) is 4.98 Å². The Labute approximate surface area is 170 Å². The van der Waals surface area contributed by atoms with Crippen LogP contribution in [0.1, 0.15) is 34.7 Å². The smallest absolute Gasteiger partial charge is 0.251 e. The lowest BCUT2D eigenvalue weighted by atomic mass is 10.1. The minimum atomic E-state index is -0.258. The molecule has 0 bridgehead atoms. The van der Waals surface area contributed by atoms with E-state index >= 15 is 0 Å². The molecule has 0 aliphatic heterocycles. The zero-order chi connectivity index (χ0) is 20.8. The Bertz CT molecular complexity index is 966. The third-order valence-corrected chi connectivity index (χ3v) is 4.66. The largest absolute Gasteiger partial charge is 0.497 e. The Morgan fingerprint density at radius 3 is 2.45 bits per heavy atom. The molecule has 7 nitrogen and oxygen atoms in total.